The predicted octanol–water partition coefficient (Wildman–Crippen LogP) is 3.61. The Bertz CT molecular complexity index is 1640. The van der Waals surface area contributed by atoms with Gasteiger partial charge in [0.2, 0.25) is 0 Å². The van der Waals surface area contributed by atoms with Crippen LogP contribution in [0.4, 0.5) is 0 Å². The van der Waals surface area contributed by atoms with Crippen LogP contribution < -0.4 is 29.1 Å². The number of esters is 1. The highest BCUT2D eigenvalue weighted by molar-refractivity contribution is 7.07. The Balaban J connectivity index is 1.90. The fourth-order valence-corrected chi connectivity index (χ4v) is 5.33. The van der Waals surface area contributed by atoms with E-state index in [-0.39, 0.29) is 24.9 Å². The van der Waals surface area contributed by atoms with Gasteiger partial charge in [-0.3, -0.25) is 9.36 Å². The van der Waals surface area contributed by atoms with Gasteiger partial charge in [-0.25, -0.2) is 9.79 Å². The topological polar surface area (TPSA) is 88.3 Å². The highest BCUT2D eigenvalue weighted by atomic mass is 32.1. The number of ether oxygens (including phenoxy) is 4. The van der Waals surface area contributed by atoms with Gasteiger partial charge in [0.05, 0.1) is 41.7 Å². The van der Waals surface area contributed by atoms with Gasteiger partial charge in [0, 0.05) is 0 Å². The normalized spacial score (nSPS) is 14.9. The van der Waals surface area contributed by atoms with Crippen LogP contribution in [-0.2, 0) is 9.53 Å². The Kier molecular flexibility index (Phi) is 8.57. The molecule has 39 heavy (non-hydrogen) atoms. The van der Waals surface area contributed by atoms with Gasteiger partial charge in [0.1, 0.15) is 12.4 Å². The van der Waals surface area contributed by atoms with Crippen molar-refractivity contribution in [2.75, 3.05) is 20.3 Å². The SMILES string of the molecule is C#CCOc1cccc(/C=c2/sc3n(c2=O)[C@@H](c2ccc(OC(C)C)c(OC)c2)C(C(=O)OCC)=C(C)N=3)c1. The first kappa shape index (κ1) is 27.7. The van der Waals surface area contributed by atoms with Gasteiger partial charge in [0.25, 0.3) is 5.56 Å². The lowest BCUT2D eigenvalue weighted by Crippen LogP contribution is -2.40. The van der Waals surface area contributed by atoms with Gasteiger partial charge < -0.3 is 18.9 Å². The van der Waals surface area contributed by atoms with Crippen LogP contribution in [0.25, 0.3) is 6.08 Å². The molecule has 0 spiro atoms. The molecule has 0 unspecified atom stereocenters. The van der Waals surface area contributed by atoms with Crippen LogP contribution in [-0.4, -0.2) is 37.0 Å². The summed E-state index contributed by atoms with van der Waals surface area (Å²) in [7, 11) is 1.55. The zero-order chi connectivity index (χ0) is 28.1. The minimum atomic E-state index is -0.769. The van der Waals surface area contributed by atoms with Gasteiger partial charge >= 0.3 is 5.97 Å². The number of carbonyl (C=O) groups is 1. The molecule has 0 radical (unpaired) electrons. The number of rotatable bonds is 9. The van der Waals surface area contributed by atoms with E-state index in [0.29, 0.717) is 43.4 Å². The molecule has 2 heterocycles. The second-order valence-electron chi connectivity index (χ2n) is 8.94. The van der Waals surface area contributed by atoms with E-state index >= 15 is 0 Å². The van der Waals surface area contributed by atoms with Crippen molar-refractivity contribution in [2.24, 2.45) is 4.99 Å². The van der Waals surface area contributed by atoms with E-state index in [1.807, 2.05) is 32.0 Å². The molecule has 8 nitrogen and oxygen atoms in total. The summed E-state index contributed by atoms with van der Waals surface area (Å²) in [5, 5.41) is 0. The van der Waals surface area contributed by atoms with Crippen LogP contribution in [0.15, 0.2) is 63.5 Å². The van der Waals surface area contributed by atoms with Gasteiger partial charge in [-0.05, 0) is 69.2 Å². The van der Waals surface area contributed by atoms with Crippen molar-refractivity contribution < 1.29 is 23.7 Å². The zero-order valence-corrected chi connectivity index (χ0v) is 23.3. The summed E-state index contributed by atoms with van der Waals surface area (Å²) in [5.74, 6) is 3.56. The van der Waals surface area contributed by atoms with Crippen molar-refractivity contribution in [2.45, 2.75) is 39.8 Å². The van der Waals surface area contributed by atoms with Crippen molar-refractivity contribution in [3.63, 3.8) is 0 Å². The molecule has 0 bridgehead atoms. The quantitative estimate of drug-likeness (QED) is 0.301. The number of hydrogen-bond acceptors (Lipinski definition) is 8. The Labute approximate surface area is 230 Å². The third kappa shape index (κ3) is 5.91. The highest BCUT2D eigenvalue weighted by Crippen LogP contribution is 2.36. The second kappa shape index (κ2) is 12.0. The molecule has 1 aromatic heterocycles. The minimum absolute atomic E-state index is 0.0601. The lowest BCUT2D eigenvalue weighted by atomic mass is 9.95. The van der Waals surface area contributed by atoms with Gasteiger partial charge in [-0.2, -0.15) is 0 Å². The number of allylic oxidation sites excluding steroid dienone is 1. The number of nitrogens with zero attached hydrogens (tertiary/aromatic N) is 2. The summed E-state index contributed by atoms with van der Waals surface area (Å²) in [6, 6.07) is 11.9. The second-order valence-corrected chi connectivity index (χ2v) is 9.95. The largest absolute Gasteiger partial charge is 0.493 e. The maximum absolute atomic E-state index is 13.9. The van der Waals surface area contributed by atoms with E-state index in [4.69, 9.17) is 25.4 Å². The van der Waals surface area contributed by atoms with Crippen LogP contribution >= 0.6 is 11.3 Å². The van der Waals surface area contributed by atoms with Crippen LogP contribution in [0.3, 0.4) is 0 Å². The number of terminal acetylenes is 1. The first-order valence-electron chi connectivity index (χ1n) is 12.5. The molecule has 0 N–H and O–H groups in total. The molecule has 2 aromatic carbocycles. The summed E-state index contributed by atoms with van der Waals surface area (Å²) in [5.41, 5.74) is 1.93. The van der Waals surface area contributed by atoms with E-state index in [9.17, 15) is 9.59 Å². The third-order valence-corrected chi connectivity index (χ3v) is 6.84. The Morgan fingerprint density at radius 1 is 1.23 bits per heavy atom. The molecular weight excluding hydrogens is 516 g/mol. The van der Waals surface area contributed by atoms with Crippen molar-refractivity contribution in [1.82, 2.24) is 4.57 Å². The van der Waals surface area contributed by atoms with Crippen LogP contribution in [0.1, 0.15) is 44.9 Å². The number of methoxy groups -OCH3 is 1. The molecule has 0 saturated carbocycles. The average Bonchev–Trinajstić information content (AvgIpc) is 3.21. The van der Waals surface area contributed by atoms with Crippen LogP contribution in [0.2, 0.25) is 0 Å². The van der Waals surface area contributed by atoms with E-state index in [0.717, 1.165) is 5.56 Å². The molecule has 0 amide bonds. The summed E-state index contributed by atoms with van der Waals surface area (Å²) in [6.07, 6.45) is 7.01. The zero-order valence-electron chi connectivity index (χ0n) is 22.5. The lowest BCUT2D eigenvalue weighted by Gasteiger charge is -2.25. The number of aromatic nitrogens is 1. The fourth-order valence-electron chi connectivity index (χ4n) is 4.28. The Morgan fingerprint density at radius 3 is 2.72 bits per heavy atom. The molecule has 4 rings (SSSR count). The molecular formula is C30H30N2O6S. The lowest BCUT2D eigenvalue weighted by molar-refractivity contribution is -0.139. The molecule has 3 aromatic rings. The molecule has 1 aliphatic rings. The molecule has 9 heteroatoms. The maximum atomic E-state index is 13.9. The highest BCUT2D eigenvalue weighted by Gasteiger charge is 2.34. The predicted molar refractivity (Wildman–Crippen MR) is 150 cm³/mol. The van der Waals surface area contributed by atoms with Crippen molar-refractivity contribution in [3.8, 4) is 29.6 Å². The van der Waals surface area contributed by atoms with Gasteiger partial charge in [-0.15, -0.1) is 6.42 Å². The van der Waals surface area contributed by atoms with Gasteiger partial charge in [0.15, 0.2) is 16.3 Å². The first-order chi connectivity index (χ1) is 18.8. The van der Waals surface area contributed by atoms with Crippen LogP contribution in [0.5, 0.6) is 17.2 Å². The van der Waals surface area contributed by atoms with E-state index in [1.165, 1.54) is 15.9 Å². The Hall–Kier alpha value is -4.29. The first-order valence-corrected chi connectivity index (χ1v) is 13.3. The van der Waals surface area contributed by atoms with E-state index in [2.05, 4.69) is 10.9 Å². The number of hydrogen-bond donors (Lipinski definition) is 0. The molecule has 1 aliphatic heterocycles. The van der Waals surface area contributed by atoms with E-state index in [1.54, 1.807) is 51.3 Å². The molecule has 202 valence electrons. The van der Waals surface area contributed by atoms with Crippen molar-refractivity contribution in [3.05, 3.63) is 84.5 Å². The monoisotopic (exact) mass is 546 g/mol. The summed E-state index contributed by atoms with van der Waals surface area (Å²) in [4.78, 5) is 32.1. The molecule has 0 saturated heterocycles. The number of benzene rings is 2. The smallest absolute Gasteiger partial charge is 0.338 e. The van der Waals surface area contributed by atoms with Gasteiger partial charge in [-0.1, -0.05) is 35.5 Å². The summed E-state index contributed by atoms with van der Waals surface area (Å²) < 4.78 is 24.4. The molecule has 1 atom stereocenters. The number of carbonyl (C=O) groups excluding carboxylic acids is 1. The minimum Gasteiger partial charge on any atom is -0.493 e. The van der Waals surface area contributed by atoms with Crippen molar-refractivity contribution >= 4 is 23.4 Å². The van der Waals surface area contributed by atoms with Crippen LogP contribution in [0, 0.1) is 12.3 Å². The fraction of sp³-hybridized carbons (Fsp3) is 0.300. The Morgan fingerprint density at radius 2 is 2.03 bits per heavy atom. The molecule has 0 aliphatic carbocycles. The molecule has 0 fully saturated rings. The maximum Gasteiger partial charge on any atom is 0.338 e. The number of fused-ring (bicyclic) bond motifs is 1. The third-order valence-electron chi connectivity index (χ3n) is 5.86. The standard InChI is InChI=1S/C30H30N2O6S/c1-7-14-37-22-11-9-10-20(15-22)16-25-28(33)32-27(21-12-13-23(38-18(3)4)24(17-21)35-6)26(29(34)36-8-2)19(5)31-30(32)39-25/h1,9-13,15-18,27H,8,14H2,2-6H3/b25-16+/t27-/m0/s1. The average molecular weight is 547 g/mol. The van der Waals surface area contributed by atoms with Crippen molar-refractivity contribution in [1.29, 1.82) is 0 Å². The number of thiazole rings is 1. The van der Waals surface area contributed by atoms with E-state index < -0.39 is 12.0 Å². The summed E-state index contributed by atoms with van der Waals surface area (Å²) >= 11 is 1.24. The summed E-state index contributed by atoms with van der Waals surface area (Å²) in [6.45, 7) is 7.66.